The Morgan fingerprint density at radius 3 is 3.00 bits per heavy atom. The molecule has 0 saturated heterocycles. The topological polar surface area (TPSA) is 64.7 Å². The molecule has 2 aromatic heterocycles. The minimum absolute atomic E-state index is 0.605. The van der Waals surface area contributed by atoms with Crippen molar-refractivity contribution in [3.05, 3.63) is 22.1 Å². The van der Waals surface area contributed by atoms with E-state index in [4.69, 9.17) is 5.73 Å². The molecule has 2 N–H and O–H groups in total. The molecule has 2 rings (SSSR count). The Hall–Kier alpha value is -1.01. The van der Waals surface area contributed by atoms with Crippen molar-refractivity contribution < 1.29 is 0 Å². The maximum Gasteiger partial charge on any atom is 0.180 e. The van der Waals surface area contributed by atoms with Crippen LogP contribution in [0.1, 0.15) is 10.6 Å². The highest BCUT2D eigenvalue weighted by atomic mass is 32.1. The van der Waals surface area contributed by atoms with E-state index in [2.05, 4.69) is 14.6 Å². The number of nitrogens with zero attached hydrogens (tertiary/aromatic N) is 3. The van der Waals surface area contributed by atoms with Crippen LogP contribution in [0.25, 0.3) is 0 Å². The fraction of sp³-hybridized carbons (Fsp3) is 0.167. The molecule has 0 amide bonds. The summed E-state index contributed by atoms with van der Waals surface area (Å²) in [7, 11) is 0. The van der Waals surface area contributed by atoms with Crippen molar-refractivity contribution in [2.24, 2.45) is 0 Å². The van der Waals surface area contributed by atoms with Crippen LogP contribution in [0, 0.1) is 0 Å². The monoisotopic (exact) mass is 198 g/mol. The molecule has 0 spiro atoms. The molecule has 0 bridgehead atoms. The molecule has 0 aliphatic rings. The highest BCUT2D eigenvalue weighted by Gasteiger charge is 2.02. The van der Waals surface area contributed by atoms with Gasteiger partial charge < -0.3 is 5.73 Å². The van der Waals surface area contributed by atoms with E-state index >= 15 is 0 Å². The van der Waals surface area contributed by atoms with E-state index in [1.807, 2.05) is 5.38 Å². The second kappa shape index (κ2) is 3.16. The smallest absolute Gasteiger partial charge is 0.180 e. The fourth-order valence-corrected chi connectivity index (χ4v) is 1.99. The van der Waals surface area contributed by atoms with Gasteiger partial charge in [0.15, 0.2) is 5.13 Å². The summed E-state index contributed by atoms with van der Waals surface area (Å²) in [5.74, 6) is 0. The molecular weight excluding hydrogens is 192 g/mol. The SMILES string of the molecule is Nc1ncc(Cc2csnn2)s1. The summed E-state index contributed by atoms with van der Waals surface area (Å²) < 4.78 is 3.77. The number of hydrogen-bond donors (Lipinski definition) is 1. The zero-order valence-corrected chi connectivity index (χ0v) is 7.73. The van der Waals surface area contributed by atoms with E-state index < -0.39 is 0 Å². The normalized spacial score (nSPS) is 10.3. The zero-order valence-electron chi connectivity index (χ0n) is 6.10. The van der Waals surface area contributed by atoms with Crippen LogP contribution in [0.2, 0.25) is 0 Å². The number of thiazole rings is 1. The lowest BCUT2D eigenvalue weighted by molar-refractivity contribution is 1.03. The number of aromatic nitrogens is 3. The van der Waals surface area contributed by atoms with E-state index in [9.17, 15) is 0 Å². The van der Waals surface area contributed by atoms with E-state index in [-0.39, 0.29) is 0 Å². The average molecular weight is 198 g/mol. The largest absolute Gasteiger partial charge is 0.375 e. The number of rotatable bonds is 2. The van der Waals surface area contributed by atoms with Crippen molar-refractivity contribution in [3.63, 3.8) is 0 Å². The lowest BCUT2D eigenvalue weighted by Crippen LogP contribution is -1.83. The van der Waals surface area contributed by atoms with Gasteiger partial charge >= 0.3 is 0 Å². The summed E-state index contributed by atoms with van der Waals surface area (Å²) in [5.41, 5.74) is 6.46. The lowest BCUT2D eigenvalue weighted by atomic mass is 10.3. The number of nitrogens with two attached hydrogens (primary N) is 1. The highest BCUT2D eigenvalue weighted by molar-refractivity contribution is 7.15. The van der Waals surface area contributed by atoms with Crippen LogP contribution in [0.5, 0.6) is 0 Å². The number of anilines is 1. The van der Waals surface area contributed by atoms with Gasteiger partial charge in [0.25, 0.3) is 0 Å². The van der Waals surface area contributed by atoms with Crippen molar-refractivity contribution in [2.45, 2.75) is 6.42 Å². The third-order valence-corrected chi connectivity index (χ3v) is 2.71. The Bertz CT molecular complexity index is 353. The molecule has 62 valence electrons. The summed E-state index contributed by atoms with van der Waals surface area (Å²) in [6, 6.07) is 0. The predicted molar refractivity (Wildman–Crippen MR) is 49.2 cm³/mol. The van der Waals surface area contributed by atoms with Crippen molar-refractivity contribution in [3.8, 4) is 0 Å². The van der Waals surface area contributed by atoms with Gasteiger partial charge in [-0.25, -0.2) is 4.98 Å². The molecule has 0 unspecified atom stereocenters. The van der Waals surface area contributed by atoms with E-state index in [0.717, 1.165) is 17.0 Å². The van der Waals surface area contributed by atoms with Crippen LogP contribution in [0.4, 0.5) is 5.13 Å². The molecular formula is C6H6N4S2. The summed E-state index contributed by atoms with van der Waals surface area (Å²) in [4.78, 5) is 5.07. The summed E-state index contributed by atoms with van der Waals surface area (Å²) in [6.07, 6.45) is 2.56. The fourth-order valence-electron chi connectivity index (χ4n) is 0.844. The Morgan fingerprint density at radius 1 is 1.50 bits per heavy atom. The van der Waals surface area contributed by atoms with Crippen molar-refractivity contribution in [2.75, 3.05) is 5.73 Å². The van der Waals surface area contributed by atoms with E-state index in [1.54, 1.807) is 6.20 Å². The van der Waals surface area contributed by atoms with Gasteiger partial charge in [0.2, 0.25) is 0 Å². The zero-order chi connectivity index (χ0) is 8.39. The maximum absolute atomic E-state index is 5.48. The summed E-state index contributed by atoms with van der Waals surface area (Å²) in [6.45, 7) is 0. The molecule has 12 heavy (non-hydrogen) atoms. The molecule has 0 saturated carbocycles. The second-order valence-corrected chi connectivity index (χ2v) is 3.99. The minimum atomic E-state index is 0.605. The van der Waals surface area contributed by atoms with Crippen LogP contribution in [0.3, 0.4) is 0 Å². The van der Waals surface area contributed by atoms with Crippen LogP contribution >= 0.6 is 22.9 Å². The van der Waals surface area contributed by atoms with E-state index in [1.165, 1.54) is 22.9 Å². The molecule has 0 aliphatic carbocycles. The Labute approximate surface area is 77.2 Å². The Balaban J connectivity index is 2.14. The Morgan fingerprint density at radius 2 is 2.42 bits per heavy atom. The van der Waals surface area contributed by atoms with Gasteiger partial charge in [0.1, 0.15) is 0 Å². The van der Waals surface area contributed by atoms with Crippen LogP contribution < -0.4 is 5.73 Å². The van der Waals surface area contributed by atoms with Crippen LogP contribution in [-0.4, -0.2) is 14.6 Å². The molecule has 0 aliphatic heterocycles. The molecule has 2 heterocycles. The molecule has 2 aromatic rings. The molecule has 0 radical (unpaired) electrons. The molecule has 6 heteroatoms. The van der Waals surface area contributed by atoms with Gasteiger partial charge in [-0.15, -0.1) is 16.4 Å². The molecule has 4 nitrogen and oxygen atoms in total. The van der Waals surface area contributed by atoms with Gasteiger partial charge in [-0.3, -0.25) is 0 Å². The van der Waals surface area contributed by atoms with Gasteiger partial charge in [0, 0.05) is 22.9 Å². The first-order valence-electron chi connectivity index (χ1n) is 3.31. The first-order valence-corrected chi connectivity index (χ1v) is 4.96. The third kappa shape index (κ3) is 1.59. The summed E-state index contributed by atoms with van der Waals surface area (Å²) >= 11 is 2.85. The highest BCUT2D eigenvalue weighted by Crippen LogP contribution is 2.17. The molecule has 0 fully saturated rings. The van der Waals surface area contributed by atoms with Crippen molar-refractivity contribution >= 4 is 28.0 Å². The summed E-state index contributed by atoms with van der Waals surface area (Å²) in [5, 5.41) is 6.46. The van der Waals surface area contributed by atoms with Crippen molar-refractivity contribution in [1.82, 2.24) is 14.6 Å². The second-order valence-electron chi connectivity index (χ2n) is 2.24. The van der Waals surface area contributed by atoms with Gasteiger partial charge in [0.05, 0.1) is 5.69 Å². The van der Waals surface area contributed by atoms with Crippen LogP contribution in [0.15, 0.2) is 11.6 Å². The molecule has 0 aromatic carbocycles. The molecule has 0 atom stereocenters. The maximum atomic E-state index is 5.48. The van der Waals surface area contributed by atoms with Gasteiger partial charge in [-0.1, -0.05) is 4.49 Å². The number of nitrogen functional groups attached to an aromatic ring is 1. The standard InChI is InChI=1S/C6H6N4S2/c7-6-8-2-5(12-6)1-4-3-11-10-9-4/h2-3H,1H2,(H2,7,8). The minimum Gasteiger partial charge on any atom is -0.375 e. The average Bonchev–Trinajstić information content (AvgIpc) is 2.63. The first-order chi connectivity index (χ1) is 5.84. The predicted octanol–water partition coefficient (Wildman–Crippen LogP) is 1.17. The number of hydrogen-bond acceptors (Lipinski definition) is 6. The van der Waals surface area contributed by atoms with E-state index in [0.29, 0.717) is 5.13 Å². The first kappa shape index (κ1) is 7.63. The van der Waals surface area contributed by atoms with Gasteiger partial charge in [-0.2, -0.15) is 0 Å². The van der Waals surface area contributed by atoms with Gasteiger partial charge in [-0.05, 0) is 11.5 Å². The Kier molecular flexibility index (Phi) is 2.01. The van der Waals surface area contributed by atoms with Crippen molar-refractivity contribution in [1.29, 1.82) is 0 Å². The quantitative estimate of drug-likeness (QED) is 0.786. The third-order valence-electron chi connectivity index (χ3n) is 1.33. The van der Waals surface area contributed by atoms with Crippen LogP contribution in [-0.2, 0) is 6.42 Å². The lowest BCUT2D eigenvalue weighted by Gasteiger charge is -1.86.